The molecule has 41 heavy (non-hydrogen) atoms. The zero-order chi connectivity index (χ0) is 30.0. The average molecular weight is 690 g/mol. The molecule has 2 aromatic rings. The normalized spacial score (nSPS) is 19.9. The number of allylic oxidation sites excluding steroid dienone is 4. The third kappa shape index (κ3) is 5.46. The van der Waals surface area contributed by atoms with Gasteiger partial charge in [-0.1, -0.05) is 27.7 Å². The van der Waals surface area contributed by atoms with E-state index in [1.165, 1.54) is 6.07 Å². The lowest BCUT2D eigenvalue weighted by Gasteiger charge is -2.42. The molecule has 0 radical (unpaired) electrons. The average Bonchev–Trinajstić information content (AvgIpc) is 2.83. The lowest BCUT2D eigenvalue weighted by atomic mass is 9.65. The number of hydrogen-bond acceptors (Lipinski definition) is 8. The fraction of sp³-hybridized carbons (Fsp3) is 0.379. The number of nitrogens with zero attached hydrogens (tertiary/aromatic N) is 2. The zero-order valence-electron chi connectivity index (χ0n) is 22.7. The SMILES string of the molecule is CC1(C)CC(=O)C2=C(C1)OC1=C(C(=O)CC(C)(C)C1)C2c1cc(Br)c(Oc2ccc([N+](=O)[O-])cc2[N+](=O)[O-])c(Br)c1. The highest BCUT2D eigenvalue weighted by molar-refractivity contribution is 9.11. The summed E-state index contributed by atoms with van der Waals surface area (Å²) in [5, 5.41) is 22.8. The minimum absolute atomic E-state index is 0.0699. The Morgan fingerprint density at radius 3 is 1.80 bits per heavy atom. The van der Waals surface area contributed by atoms with E-state index >= 15 is 0 Å². The number of ketones is 2. The second-order valence-electron chi connectivity index (χ2n) is 12.2. The predicted molar refractivity (Wildman–Crippen MR) is 156 cm³/mol. The molecule has 0 saturated heterocycles. The van der Waals surface area contributed by atoms with Crippen LogP contribution in [0.3, 0.4) is 0 Å². The molecule has 12 heteroatoms. The molecular weight excluding hydrogens is 664 g/mol. The number of hydrogen-bond donors (Lipinski definition) is 0. The lowest BCUT2D eigenvalue weighted by Crippen LogP contribution is -2.37. The standard InChI is InChI=1S/C29H26Br2N2O8/c1-28(2)10-19(34)25-22(12-28)40-23-13-29(3,4)11-20(35)26(23)24(25)14-7-16(30)27(17(31)8-14)41-21-6-5-15(32(36)37)9-18(21)33(38)39/h5-9,24H,10-13H2,1-4H3. The van der Waals surface area contributed by atoms with Crippen LogP contribution in [-0.2, 0) is 14.3 Å². The Hall–Kier alpha value is -3.38. The number of Topliss-reactive ketones (excluding diaryl/α,β-unsaturated/α-hetero) is 2. The largest absolute Gasteiger partial charge is 0.465 e. The van der Waals surface area contributed by atoms with E-state index < -0.39 is 27.1 Å². The molecule has 0 fully saturated rings. The minimum Gasteiger partial charge on any atom is -0.465 e. The van der Waals surface area contributed by atoms with Crippen LogP contribution in [0.1, 0.15) is 64.9 Å². The summed E-state index contributed by atoms with van der Waals surface area (Å²) < 4.78 is 13.0. The first-order valence-corrected chi connectivity index (χ1v) is 14.5. The van der Waals surface area contributed by atoms with Crippen LogP contribution in [0.25, 0.3) is 0 Å². The van der Waals surface area contributed by atoms with Gasteiger partial charge >= 0.3 is 5.69 Å². The molecule has 0 atom stereocenters. The molecule has 3 aliphatic rings. The van der Waals surface area contributed by atoms with Gasteiger partial charge in [0.2, 0.25) is 5.75 Å². The second-order valence-corrected chi connectivity index (χ2v) is 13.9. The van der Waals surface area contributed by atoms with Gasteiger partial charge in [-0.2, -0.15) is 0 Å². The fourth-order valence-corrected chi connectivity index (χ4v) is 7.19. The van der Waals surface area contributed by atoms with Gasteiger partial charge in [-0.05, 0) is 66.5 Å². The van der Waals surface area contributed by atoms with Crippen LogP contribution in [0.5, 0.6) is 11.5 Å². The summed E-state index contributed by atoms with van der Waals surface area (Å²) >= 11 is 7.00. The molecular formula is C29H26Br2N2O8. The van der Waals surface area contributed by atoms with Crippen molar-refractivity contribution in [2.45, 2.75) is 59.3 Å². The third-order valence-electron chi connectivity index (χ3n) is 7.50. The molecule has 0 saturated carbocycles. The van der Waals surface area contributed by atoms with Crippen molar-refractivity contribution in [2.24, 2.45) is 10.8 Å². The molecule has 1 heterocycles. The van der Waals surface area contributed by atoms with Crippen molar-refractivity contribution >= 4 is 54.8 Å². The molecule has 0 spiro atoms. The first-order valence-electron chi connectivity index (χ1n) is 12.9. The molecule has 0 N–H and O–H groups in total. The van der Waals surface area contributed by atoms with E-state index in [1.54, 1.807) is 12.1 Å². The van der Waals surface area contributed by atoms with Gasteiger partial charge in [-0.15, -0.1) is 0 Å². The van der Waals surface area contributed by atoms with Crippen LogP contribution in [0.2, 0.25) is 0 Å². The van der Waals surface area contributed by atoms with Gasteiger partial charge in [0.1, 0.15) is 11.5 Å². The first kappa shape index (κ1) is 29.1. The van der Waals surface area contributed by atoms with Gasteiger partial charge < -0.3 is 9.47 Å². The van der Waals surface area contributed by atoms with Gasteiger partial charge in [0.05, 0.1) is 24.9 Å². The highest BCUT2D eigenvalue weighted by Crippen LogP contribution is 2.54. The molecule has 0 aromatic heterocycles. The maximum atomic E-state index is 13.6. The van der Waals surface area contributed by atoms with Gasteiger partial charge in [0.25, 0.3) is 5.69 Å². The first-order chi connectivity index (χ1) is 19.1. The topological polar surface area (TPSA) is 139 Å². The van der Waals surface area contributed by atoms with E-state index in [1.807, 2.05) is 27.7 Å². The maximum Gasteiger partial charge on any atom is 0.318 e. The minimum atomic E-state index is -0.755. The number of carbonyl (C=O) groups is 2. The summed E-state index contributed by atoms with van der Waals surface area (Å²) in [4.78, 5) is 48.4. The Morgan fingerprint density at radius 2 is 1.34 bits per heavy atom. The fourth-order valence-electron chi connectivity index (χ4n) is 5.81. The van der Waals surface area contributed by atoms with Crippen LogP contribution < -0.4 is 4.74 Å². The Morgan fingerprint density at radius 1 is 0.829 bits per heavy atom. The molecule has 10 nitrogen and oxygen atoms in total. The lowest BCUT2D eigenvalue weighted by molar-refractivity contribution is -0.394. The van der Waals surface area contributed by atoms with E-state index in [0.717, 1.165) is 12.1 Å². The van der Waals surface area contributed by atoms with E-state index in [0.29, 0.717) is 62.9 Å². The van der Waals surface area contributed by atoms with Crippen molar-refractivity contribution in [3.8, 4) is 11.5 Å². The van der Waals surface area contributed by atoms with E-state index in [4.69, 9.17) is 9.47 Å². The number of halogens is 2. The highest BCUT2D eigenvalue weighted by Gasteiger charge is 2.48. The van der Waals surface area contributed by atoms with Gasteiger partial charge in [-0.25, -0.2) is 0 Å². The third-order valence-corrected chi connectivity index (χ3v) is 8.68. The summed E-state index contributed by atoms with van der Waals surface area (Å²) in [7, 11) is 0. The van der Waals surface area contributed by atoms with Crippen molar-refractivity contribution in [2.75, 3.05) is 0 Å². The Kier molecular flexibility index (Phi) is 7.22. The van der Waals surface area contributed by atoms with Crippen LogP contribution in [-0.4, -0.2) is 21.4 Å². The number of nitro benzene ring substituents is 2. The van der Waals surface area contributed by atoms with Gasteiger partial charge in [0, 0.05) is 48.8 Å². The molecule has 214 valence electrons. The number of carbonyl (C=O) groups excluding carboxylic acids is 2. The second kappa shape index (κ2) is 10.2. The molecule has 0 bridgehead atoms. The highest BCUT2D eigenvalue weighted by atomic mass is 79.9. The smallest absolute Gasteiger partial charge is 0.318 e. The number of rotatable bonds is 5. The Balaban J connectivity index is 1.62. The van der Waals surface area contributed by atoms with Crippen molar-refractivity contribution in [3.05, 3.63) is 87.7 Å². The Bertz CT molecular complexity index is 1550. The number of benzene rings is 2. The molecule has 0 amide bonds. The van der Waals surface area contributed by atoms with Crippen molar-refractivity contribution in [1.82, 2.24) is 0 Å². The summed E-state index contributed by atoms with van der Waals surface area (Å²) in [5.74, 6) is 0.401. The van der Waals surface area contributed by atoms with E-state index in [2.05, 4.69) is 31.9 Å². The van der Waals surface area contributed by atoms with Crippen molar-refractivity contribution < 1.29 is 28.9 Å². The van der Waals surface area contributed by atoms with Crippen LogP contribution in [0.15, 0.2) is 61.9 Å². The number of ether oxygens (including phenoxy) is 2. The van der Waals surface area contributed by atoms with Crippen LogP contribution in [0, 0.1) is 31.1 Å². The summed E-state index contributed by atoms with van der Waals surface area (Å²) in [5.41, 5.74) is 0.0339. The maximum absolute atomic E-state index is 13.6. The Labute approximate surface area is 252 Å². The molecule has 2 aromatic carbocycles. The summed E-state index contributed by atoms with van der Waals surface area (Å²) in [6.45, 7) is 8.07. The zero-order valence-corrected chi connectivity index (χ0v) is 25.9. The predicted octanol–water partition coefficient (Wildman–Crippen LogP) is 8.22. The number of nitro groups is 2. The van der Waals surface area contributed by atoms with Gasteiger partial charge in [0.15, 0.2) is 17.3 Å². The van der Waals surface area contributed by atoms with Crippen molar-refractivity contribution in [1.29, 1.82) is 0 Å². The van der Waals surface area contributed by atoms with Gasteiger partial charge in [-0.3, -0.25) is 29.8 Å². The van der Waals surface area contributed by atoms with Crippen molar-refractivity contribution in [3.63, 3.8) is 0 Å². The monoisotopic (exact) mass is 688 g/mol. The van der Waals surface area contributed by atoms with Crippen LogP contribution >= 0.6 is 31.9 Å². The van der Waals surface area contributed by atoms with Crippen LogP contribution in [0.4, 0.5) is 11.4 Å². The molecule has 2 aliphatic carbocycles. The summed E-state index contributed by atoms with van der Waals surface area (Å²) in [6.07, 6.45) is 1.76. The molecule has 1 aliphatic heterocycles. The molecule has 5 rings (SSSR count). The molecule has 0 unspecified atom stereocenters. The number of non-ortho nitro benzene ring substituents is 1. The van der Waals surface area contributed by atoms with E-state index in [-0.39, 0.29) is 33.9 Å². The van der Waals surface area contributed by atoms with E-state index in [9.17, 15) is 29.8 Å². The quantitative estimate of drug-likeness (QED) is 0.226. The summed E-state index contributed by atoms with van der Waals surface area (Å²) in [6, 6.07) is 6.57.